The summed E-state index contributed by atoms with van der Waals surface area (Å²) in [6.07, 6.45) is 2.22. The third-order valence-electron chi connectivity index (χ3n) is 0.327. The van der Waals surface area contributed by atoms with Crippen LogP contribution in [-0.2, 0) is 14.3 Å². The smallest absolute Gasteiger partial charge is 0.260 e. The highest BCUT2D eigenvalue weighted by Crippen LogP contribution is 1.89. The molecule has 0 N–H and O–H groups in total. The van der Waals surface area contributed by atoms with Gasteiger partial charge < -0.3 is 0 Å². The van der Waals surface area contributed by atoms with Gasteiger partial charge in [-0.15, -0.1) is 6.58 Å². The minimum absolute atomic E-state index is 0.965. The van der Waals surface area contributed by atoms with Crippen molar-refractivity contribution in [3.05, 3.63) is 19.3 Å². The molecule has 1 radical (unpaired) electrons. The molecule has 0 spiro atoms. The van der Waals surface area contributed by atoms with E-state index in [0.717, 1.165) is 12.9 Å². The third kappa shape index (κ3) is 5.65. The van der Waals surface area contributed by atoms with Crippen LogP contribution in [0.5, 0.6) is 0 Å². The quantitative estimate of drug-likeness (QED) is 0.526. The largest absolute Gasteiger partial charge is 0.265 e. The van der Waals surface area contributed by atoms with Gasteiger partial charge in [0.05, 0.1) is 6.26 Å². The molecule has 0 saturated carbocycles. The van der Waals surface area contributed by atoms with Crippen LogP contribution in [0.4, 0.5) is 0 Å². The van der Waals surface area contributed by atoms with Gasteiger partial charge in [-0.2, -0.15) is 8.42 Å². The van der Waals surface area contributed by atoms with Crippen LogP contribution in [0.25, 0.3) is 0 Å². The van der Waals surface area contributed by atoms with Gasteiger partial charge in [-0.1, -0.05) is 6.08 Å². The Kier molecular flexibility index (Phi) is 2.71. The zero-order valence-corrected chi connectivity index (χ0v) is 5.31. The van der Waals surface area contributed by atoms with Crippen molar-refractivity contribution in [1.82, 2.24) is 0 Å². The van der Waals surface area contributed by atoms with Crippen LogP contribution in [0.15, 0.2) is 12.7 Å². The Bertz CT molecular complexity index is 156. The third-order valence-corrected chi connectivity index (χ3v) is 0.787. The molecule has 0 bridgehead atoms. The fraction of sp³-hybridized carbons (Fsp3) is 0.250. The first-order valence-corrected chi connectivity index (χ1v) is 3.70. The van der Waals surface area contributed by atoms with Crippen LogP contribution in [0, 0.1) is 6.61 Å². The molecule has 0 unspecified atom stereocenters. The summed E-state index contributed by atoms with van der Waals surface area (Å²) in [6, 6.07) is 0. The van der Waals surface area contributed by atoms with Crippen molar-refractivity contribution in [3.63, 3.8) is 0 Å². The lowest BCUT2D eigenvalue weighted by Crippen LogP contribution is -1.97. The molecule has 0 aliphatic heterocycles. The molecule has 0 fully saturated rings. The minimum atomic E-state index is -3.31. The summed E-state index contributed by atoms with van der Waals surface area (Å²) < 4.78 is 24.3. The second-order valence-electron chi connectivity index (χ2n) is 1.17. The first-order valence-electron chi connectivity index (χ1n) is 1.89. The highest BCUT2D eigenvalue weighted by atomic mass is 32.2. The molecule has 0 saturated heterocycles. The van der Waals surface area contributed by atoms with Crippen LogP contribution in [0.1, 0.15) is 0 Å². The lowest BCUT2D eigenvalue weighted by atomic mass is 10.7. The Morgan fingerprint density at radius 2 is 2.12 bits per heavy atom. The van der Waals surface area contributed by atoms with E-state index >= 15 is 0 Å². The second-order valence-corrected chi connectivity index (χ2v) is 2.77. The van der Waals surface area contributed by atoms with Crippen molar-refractivity contribution in [1.29, 1.82) is 0 Å². The van der Waals surface area contributed by atoms with Crippen LogP contribution in [0.3, 0.4) is 0 Å². The van der Waals surface area contributed by atoms with E-state index in [1.807, 2.05) is 0 Å². The fourth-order valence-electron chi connectivity index (χ4n) is 0.140. The van der Waals surface area contributed by atoms with Crippen molar-refractivity contribution >= 4 is 10.1 Å². The summed E-state index contributed by atoms with van der Waals surface area (Å²) in [5, 5.41) is 0. The first-order chi connectivity index (χ1) is 3.56. The first kappa shape index (κ1) is 7.65. The summed E-state index contributed by atoms with van der Waals surface area (Å²) in [4.78, 5) is 0. The minimum Gasteiger partial charge on any atom is -0.260 e. The van der Waals surface area contributed by atoms with Crippen LogP contribution < -0.4 is 0 Å². The van der Waals surface area contributed by atoms with E-state index in [2.05, 4.69) is 10.8 Å². The predicted molar refractivity (Wildman–Crippen MR) is 30.4 cm³/mol. The molecule has 0 aliphatic carbocycles. The van der Waals surface area contributed by atoms with Crippen molar-refractivity contribution in [2.75, 3.05) is 6.26 Å². The maximum absolute atomic E-state index is 10.1. The molecule has 8 heavy (non-hydrogen) atoms. The molecule has 4 heteroatoms. The molecule has 0 aliphatic rings. The van der Waals surface area contributed by atoms with E-state index in [4.69, 9.17) is 0 Å². The molecular weight excluding hydrogens is 130 g/mol. The van der Waals surface area contributed by atoms with Gasteiger partial charge in [0.15, 0.2) is 0 Å². The summed E-state index contributed by atoms with van der Waals surface area (Å²) in [6.45, 7) is 4.23. The molecule has 0 aromatic heterocycles. The summed E-state index contributed by atoms with van der Waals surface area (Å²) >= 11 is 0. The molecule has 0 heterocycles. The molecule has 47 valence electrons. The molecular formula is C4H7O3S. The fourth-order valence-corrected chi connectivity index (χ4v) is 0.421. The summed E-state index contributed by atoms with van der Waals surface area (Å²) in [7, 11) is -3.31. The average Bonchev–Trinajstić information content (AvgIpc) is 1.59. The van der Waals surface area contributed by atoms with Gasteiger partial charge in [-0.25, -0.2) is 0 Å². The van der Waals surface area contributed by atoms with E-state index in [1.54, 1.807) is 0 Å². The van der Waals surface area contributed by atoms with Gasteiger partial charge in [0.1, 0.15) is 6.61 Å². The van der Waals surface area contributed by atoms with Gasteiger partial charge in [0, 0.05) is 0 Å². The maximum atomic E-state index is 10.1. The Morgan fingerprint density at radius 3 is 2.25 bits per heavy atom. The second kappa shape index (κ2) is 2.84. The van der Waals surface area contributed by atoms with Crippen LogP contribution >= 0.6 is 0 Å². The zero-order valence-electron chi connectivity index (χ0n) is 4.49. The van der Waals surface area contributed by atoms with Gasteiger partial charge in [0.25, 0.3) is 10.1 Å². The maximum Gasteiger partial charge on any atom is 0.265 e. The van der Waals surface area contributed by atoms with E-state index in [1.165, 1.54) is 6.08 Å². The lowest BCUT2D eigenvalue weighted by molar-refractivity contribution is 0.418. The van der Waals surface area contributed by atoms with Crippen molar-refractivity contribution in [3.8, 4) is 0 Å². The topological polar surface area (TPSA) is 43.4 Å². The Hall–Kier alpha value is -0.350. The molecule has 0 amide bonds. The number of rotatable bonds is 3. The SMILES string of the molecule is C=C[CH]OS([14CH3])(=O)=O. The van der Waals surface area contributed by atoms with Crippen LogP contribution in [0.2, 0.25) is 0 Å². The highest BCUT2D eigenvalue weighted by Gasteiger charge is 1.96. The Labute approximate surface area is 49.1 Å². The standard InChI is InChI=1S/C4H7O3S/c1-3-4-7-8(2,5)6/h3-4H,1H2,2H3/i2+2. The van der Waals surface area contributed by atoms with E-state index < -0.39 is 10.1 Å². The van der Waals surface area contributed by atoms with Crippen LogP contribution in [-0.4, -0.2) is 14.7 Å². The summed E-state index contributed by atoms with van der Waals surface area (Å²) in [5.74, 6) is 0. The molecule has 3 nitrogen and oxygen atoms in total. The van der Waals surface area contributed by atoms with Gasteiger partial charge >= 0.3 is 0 Å². The Morgan fingerprint density at radius 1 is 1.62 bits per heavy atom. The van der Waals surface area contributed by atoms with Gasteiger partial charge in [-0.3, -0.25) is 4.18 Å². The monoisotopic (exact) mass is 137 g/mol. The van der Waals surface area contributed by atoms with Gasteiger partial charge in [0.2, 0.25) is 0 Å². The zero-order chi connectivity index (χ0) is 6.62. The summed E-state index contributed by atoms with van der Waals surface area (Å²) in [5.41, 5.74) is 0. The van der Waals surface area contributed by atoms with E-state index in [0.29, 0.717) is 0 Å². The normalized spacial score (nSPS) is 11.1. The average molecular weight is 137 g/mol. The van der Waals surface area contributed by atoms with E-state index in [9.17, 15) is 8.42 Å². The Balaban J connectivity index is 3.57. The van der Waals surface area contributed by atoms with Gasteiger partial charge in [-0.05, 0) is 0 Å². The lowest BCUT2D eigenvalue weighted by Gasteiger charge is -1.90. The molecule has 0 aromatic rings. The number of hydrogen-bond acceptors (Lipinski definition) is 3. The highest BCUT2D eigenvalue weighted by molar-refractivity contribution is 7.86. The van der Waals surface area contributed by atoms with Crippen molar-refractivity contribution in [2.45, 2.75) is 0 Å². The van der Waals surface area contributed by atoms with E-state index in [-0.39, 0.29) is 0 Å². The molecule has 0 atom stereocenters. The molecule has 0 aromatic carbocycles. The van der Waals surface area contributed by atoms with Crippen molar-refractivity contribution in [2.24, 2.45) is 0 Å². The number of hydrogen-bond donors (Lipinski definition) is 0. The van der Waals surface area contributed by atoms with Crippen molar-refractivity contribution < 1.29 is 12.6 Å². The molecule has 0 rings (SSSR count). The predicted octanol–water partition coefficient (Wildman–Crippen LogP) is 0.310.